The number of benzene rings is 5. The van der Waals surface area contributed by atoms with Crippen molar-refractivity contribution in [1.82, 2.24) is 21.3 Å². The van der Waals surface area contributed by atoms with Gasteiger partial charge in [0.05, 0.1) is 6.61 Å². The average Bonchev–Trinajstić information content (AvgIpc) is 3.28. The number of aryl methyl sites for hydroxylation is 2. The molecule has 4 N–H and O–H groups in total. The zero-order chi connectivity index (χ0) is 44.1. The maximum atomic E-state index is 14.1. The lowest BCUT2D eigenvalue weighted by molar-refractivity contribution is -0.132. The Morgan fingerprint density at radius 1 is 0.667 bits per heavy atom. The van der Waals surface area contributed by atoms with Crippen molar-refractivity contribution in [3.63, 3.8) is 0 Å². The van der Waals surface area contributed by atoms with Crippen LogP contribution in [-0.4, -0.2) is 55.5 Å². The lowest BCUT2D eigenvalue weighted by Crippen LogP contribution is -2.52. The maximum Gasteiger partial charge on any atom is 0.258 e. The molecule has 11 heteroatoms. The number of hydrogen-bond acceptors (Lipinski definition) is 7. The van der Waals surface area contributed by atoms with Gasteiger partial charge >= 0.3 is 0 Å². The SMILES string of the molecule is CCOc1cc(-c2cc(C)cc(C)c2)cc2c1OCC(=O)NC1CCC(CC1)CC(=O)N[C@@H](c1ccccc1)C(=O)N[C@H](Cc1ccccc1)C(=O)NCCc1ccc(cc1)OC2. The highest BCUT2D eigenvalue weighted by atomic mass is 16.5. The molecule has 328 valence electrons. The number of amides is 4. The minimum atomic E-state index is -1.00. The molecule has 4 amide bonds. The molecular formula is C52H58N4O7. The fourth-order valence-electron chi connectivity index (χ4n) is 8.53. The smallest absolute Gasteiger partial charge is 0.258 e. The van der Waals surface area contributed by atoms with Gasteiger partial charge in [-0.15, -0.1) is 0 Å². The highest BCUT2D eigenvalue weighted by molar-refractivity contribution is 5.93. The number of hydrogen-bond donors (Lipinski definition) is 4. The third-order valence-corrected chi connectivity index (χ3v) is 11.7. The second kappa shape index (κ2) is 21.4. The van der Waals surface area contributed by atoms with Crippen molar-refractivity contribution in [3.8, 4) is 28.4 Å². The Balaban J connectivity index is 1.15. The van der Waals surface area contributed by atoms with Crippen LogP contribution in [0.1, 0.15) is 78.5 Å². The first kappa shape index (κ1) is 44.4. The van der Waals surface area contributed by atoms with Gasteiger partial charge in [-0.3, -0.25) is 19.2 Å². The van der Waals surface area contributed by atoms with Crippen LogP contribution in [0.15, 0.2) is 115 Å². The molecule has 2 atom stereocenters. The topological polar surface area (TPSA) is 144 Å². The summed E-state index contributed by atoms with van der Waals surface area (Å²) in [7, 11) is 0. The summed E-state index contributed by atoms with van der Waals surface area (Å²) in [6, 6.07) is 34.7. The molecule has 5 aromatic carbocycles. The number of carbonyl (C=O) groups is 4. The van der Waals surface area contributed by atoms with Crippen LogP contribution < -0.4 is 35.5 Å². The van der Waals surface area contributed by atoms with E-state index in [2.05, 4.69) is 53.3 Å². The summed E-state index contributed by atoms with van der Waals surface area (Å²) in [5.74, 6) is 0.413. The summed E-state index contributed by atoms with van der Waals surface area (Å²) in [5, 5.41) is 12.1. The molecule has 5 aromatic rings. The fraction of sp³-hybridized carbons (Fsp3) is 0.346. The molecule has 11 nitrogen and oxygen atoms in total. The molecule has 0 aromatic heterocycles. The number of carbonyl (C=O) groups excluding carboxylic acids is 4. The van der Waals surface area contributed by atoms with Gasteiger partial charge in [-0.2, -0.15) is 0 Å². The number of ether oxygens (including phenoxy) is 3. The first-order chi connectivity index (χ1) is 30.6. The van der Waals surface area contributed by atoms with E-state index >= 15 is 0 Å². The minimum absolute atomic E-state index is 0.0670. The standard InChI is InChI=1S/C52H58N4O7/c1-4-61-46-31-41(40-26-34(2)25-35(3)27-40)30-42-32-62-44-21-17-36(18-22-44)23-24-53-51(59)45(28-37-11-7-5-8-12-37)55-52(60)49(39-13-9-6-10-14-39)56-47(57)29-38-15-19-43(20-16-38)54-48(58)33-63-50(42)46/h5-14,17-18,21-22,25-27,30-31,38,43,45,49H,4,15-16,19-20,23-24,28-29,32-33H2,1-3H3,(H,53,59)(H,54,58)(H,55,60)(H,56,57)/t38?,43?,45-,49+/m1/s1. The van der Waals surface area contributed by atoms with Crippen molar-refractivity contribution in [3.05, 3.63) is 149 Å². The zero-order valence-electron chi connectivity index (χ0n) is 36.4. The Morgan fingerprint density at radius 3 is 2.05 bits per heavy atom. The van der Waals surface area contributed by atoms with Gasteiger partial charge < -0.3 is 35.5 Å². The van der Waals surface area contributed by atoms with Gasteiger partial charge in [0, 0.05) is 31.0 Å². The highest BCUT2D eigenvalue weighted by Crippen LogP contribution is 2.38. The quantitative estimate of drug-likeness (QED) is 0.138. The lowest BCUT2D eigenvalue weighted by Gasteiger charge is -2.29. The number of nitrogens with one attached hydrogen (secondary N) is 4. The van der Waals surface area contributed by atoms with Gasteiger partial charge in [0.2, 0.25) is 17.7 Å². The van der Waals surface area contributed by atoms with Crippen LogP contribution in [0.4, 0.5) is 0 Å². The van der Waals surface area contributed by atoms with Crippen molar-refractivity contribution in [2.45, 2.75) is 90.4 Å². The predicted octanol–water partition coefficient (Wildman–Crippen LogP) is 7.65. The summed E-state index contributed by atoms with van der Waals surface area (Å²) < 4.78 is 18.8. The van der Waals surface area contributed by atoms with E-state index in [4.69, 9.17) is 14.2 Å². The van der Waals surface area contributed by atoms with E-state index in [0.717, 1.165) is 51.8 Å². The summed E-state index contributed by atoms with van der Waals surface area (Å²) >= 11 is 0. The van der Waals surface area contributed by atoms with E-state index in [1.165, 1.54) is 0 Å². The van der Waals surface area contributed by atoms with Gasteiger partial charge in [0.15, 0.2) is 18.1 Å². The van der Waals surface area contributed by atoms with Crippen molar-refractivity contribution < 1.29 is 33.4 Å². The first-order valence-corrected chi connectivity index (χ1v) is 22.1. The first-order valence-electron chi connectivity index (χ1n) is 22.1. The van der Waals surface area contributed by atoms with Crippen LogP contribution in [-0.2, 0) is 38.6 Å². The van der Waals surface area contributed by atoms with E-state index in [1.807, 2.05) is 91.9 Å². The minimum Gasteiger partial charge on any atom is -0.490 e. The van der Waals surface area contributed by atoms with Crippen molar-refractivity contribution in [1.29, 1.82) is 0 Å². The molecule has 1 fully saturated rings. The van der Waals surface area contributed by atoms with Crippen LogP contribution in [0, 0.1) is 19.8 Å². The third-order valence-electron chi connectivity index (χ3n) is 11.7. The largest absolute Gasteiger partial charge is 0.490 e. The molecule has 0 radical (unpaired) electrons. The molecule has 63 heavy (non-hydrogen) atoms. The van der Waals surface area contributed by atoms with Crippen molar-refractivity contribution >= 4 is 23.6 Å². The molecular weight excluding hydrogens is 793 g/mol. The molecule has 0 spiro atoms. The fourth-order valence-corrected chi connectivity index (χ4v) is 8.53. The highest BCUT2D eigenvalue weighted by Gasteiger charge is 2.30. The second-order valence-corrected chi connectivity index (χ2v) is 16.7. The van der Waals surface area contributed by atoms with Gasteiger partial charge in [-0.05, 0) is 111 Å². The molecule has 4 heterocycles. The van der Waals surface area contributed by atoms with Gasteiger partial charge in [-0.1, -0.05) is 102 Å². The summed E-state index contributed by atoms with van der Waals surface area (Å²) in [4.78, 5) is 55.1. The molecule has 4 aliphatic heterocycles. The maximum absolute atomic E-state index is 14.1. The molecule has 0 saturated heterocycles. The Bertz CT molecular complexity index is 2320. The van der Waals surface area contributed by atoms with Gasteiger partial charge in [0.25, 0.3) is 5.91 Å². The van der Waals surface area contributed by atoms with Crippen LogP contribution in [0.5, 0.6) is 17.2 Å². The predicted molar refractivity (Wildman–Crippen MR) is 243 cm³/mol. The molecule has 5 aliphatic rings. The molecule has 1 aliphatic carbocycles. The van der Waals surface area contributed by atoms with Crippen molar-refractivity contribution in [2.24, 2.45) is 5.92 Å². The number of rotatable bonds is 6. The average molecular weight is 851 g/mol. The lowest BCUT2D eigenvalue weighted by atomic mass is 9.84. The van der Waals surface area contributed by atoms with E-state index in [0.29, 0.717) is 55.2 Å². The Hall–Kier alpha value is -6.62. The second-order valence-electron chi connectivity index (χ2n) is 16.7. The van der Waals surface area contributed by atoms with E-state index in [9.17, 15) is 19.2 Å². The van der Waals surface area contributed by atoms with Crippen LogP contribution in [0.25, 0.3) is 11.1 Å². The van der Waals surface area contributed by atoms with E-state index in [1.54, 1.807) is 12.1 Å². The zero-order valence-corrected chi connectivity index (χ0v) is 36.4. The van der Waals surface area contributed by atoms with Crippen molar-refractivity contribution in [2.75, 3.05) is 19.8 Å². The van der Waals surface area contributed by atoms with Gasteiger partial charge in [0.1, 0.15) is 24.4 Å². The Labute approximate surface area is 370 Å². The molecule has 4 bridgehead atoms. The van der Waals surface area contributed by atoms with E-state index in [-0.39, 0.29) is 55.7 Å². The van der Waals surface area contributed by atoms with Crippen LogP contribution >= 0.6 is 0 Å². The monoisotopic (exact) mass is 850 g/mol. The van der Waals surface area contributed by atoms with E-state index < -0.39 is 18.0 Å². The van der Waals surface area contributed by atoms with Crippen LogP contribution in [0.3, 0.4) is 0 Å². The molecule has 0 unspecified atom stereocenters. The summed E-state index contributed by atoms with van der Waals surface area (Å²) in [6.07, 6.45) is 3.92. The third kappa shape index (κ3) is 12.5. The normalized spacial score (nSPS) is 20.4. The Kier molecular flexibility index (Phi) is 15.1. The summed E-state index contributed by atoms with van der Waals surface area (Å²) in [5.41, 5.74) is 7.49. The Morgan fingerprint density at radius 2 is 1.35 bits per heavy atom. The molecule has 1 saturated carbocycles. The molecule has 10 rings (SSSR count). The van der Waals surface area contributed by atoms with Crippen LogP contribution in [0.2, 0.25) is 0 Å². The summed E-state index contributed by atoms with van der Waals surface area (Å²) in [6.45, 7) is 6.74. The van der Waals surface area contributed by atoms with Gasteiger partial charge in [-0.25, -0.2) is 0 Å².